The van der Waals surface area contributed by atoms with Crippen LogP contribution in [-0.2, 0) is 16.4 Å². The van der Waals surface area contributed by atoms with Crippen molar-refractivity contribution in [3.63, 3.8) is 0 Å². The van der Waals surface area contributed by atoms with E-state index in [2.05, 4.69) is 49.4 Å². The first-order valence-electron chi connectivity index (χ1n) is 10.7. The van der Waals surface area contributed by atoms with E-state index in [9.17, 15) is 8.42 Å². The second kappa shape index (κ2) is 9.54. The summed E-state index contributed by atoms with van der Waals surface area (Å²) in [6.45, 7) is 3.58. The highest BCUT2D eigenvalue weighted by atomic mass is 32.2. The fourth-order valence-electron chi connectivity index (χ4n) is 3.93. The molecule has 0 bridgehead atoms. The van der Waals surface area contributed by atoms with E-state index < -0.39 is 10.0 Å². The molecule has 0 aliphatic carbocycles. The van der Waals surface area contributed by atoms with Crippen molar-refractivity contribution in [1.29, 1.82) is 0 Å². The van der Waals surface area contributed by atoms with Crippen LogP contribution in [-0.4, -0.2) is 31.5 Å². The van der Waals surface area contributed by atoms with E-state index >= 15 is 0 Å². The van der Waals surface area contributed by atoms with Crippen molar-refractivity contribution >= 4 is 27.3 Å². The second-order valence-electron chi connectivity index (χ2n) is 8.12. The quantitative estimate of drug-likeness (QED) is 0.472. The third-order valence-corrected chi connectivity index (χ3v) is 7.04. The Morgan fingerprint density at radius 1 is 1.03 bits per heavy atom. The van der Waals surface area contributed by atoms with Crippen LogP contribution in [0.15, 0.2) is 65.8 Å². The number of aromatic nitrogens is 2. The number of anilines is 3. The van der Waals surface area contributed by atoms with Gasteiger partial charge in [-0.05, 0) is 49.8 Å². The molecular weight excluding hydrogens is 424 g/mol. The van der Waals surface area contributed by atoms with Crippen molar-refractivity contribution in [3.05, 3.63) is 72.1 Å². The van der Waals surface area contributed by atoms with Gasteiger partial charge in [0.05, 0.1) is 4.90 Å². The Labute approximate surface area is 188 Å². The summed E-state index contributed by atoms with van der Waals surface area (Å²) in [5.74, 6) is 1.47. The number of nitrogen functional groups attached to an aromatic ring is 1. The average molecular weight is 453 g/mol. The van der Waals surface area contributed by atoms with Gasteiger partial charge in [-0.3, -0.25) is 5.43 Å². The van der Waals surface area contributed by atoms with Crippen LogP contribution in [0.2, 0.25) is 0 Å². The molecule has 3 aromatic rings. The zero-order chi connectivity index (χ0) is 22.6. The Bertz CT molecular complexity index is 1140. The summed E-state index contributed by atoms with van der Waals surface area (Å²) in [6, 6.07) is 17.1. The van der Waals surface area contributed by atoms with Gasteiger partial charge in [0, 0.05) is 13.1 Å². The first-order valence-corrected chi connectivity index (χ1v) is 12.1. The van der Waals surface area contributed by atoms with E-state index in [1.165, 1.54) is 11.9 Å². The predicted octanol–water partition coefficient (Wildman–Crippen LogP) is 3.13. The molecule has 1 aromatic heterocycles. The predicted molar refractivity (Wildman–Crippen MR) is 127 cm³/mol. The van der Waals surface area contributed by atoms with Gasteiger partial charge in [-0.2, -0.15) is 0 Å². The number of rotatable bonds is 7. The third-order valence-electron chi connectivity index (χ3n) is 5.78. The third kappa shape index (κ3) is 5.17. The molecule has 1 fully saturated rings. The number of hydrogen-bond donors (Lipinski definition) is 3. The van der Waals surface area contributed by atoms with Crippen molar-refractivity contribution in [3.8, 4) is 0 Å². The number of hydrazine groups is 1. The first-order chi connectivity index (χ1) is 15.4. The van der Waals surface area contributed by atoms with Crippen LogP contribution in [0.4, 0.5) is 17.3 Å². The first kappa shape index (κ1) is 22.0. The van der Waals surface area contributed by atoms with Crippen molar-refractivity contribution < 1.29 is 8.42 Å². The molecule has 0 unspecified atom stereocenters. The molecule has 0 radical (unpaired) electrons. The lowest BCUT2D eigenvalue weighted by Gasteiger charge is -2.33. The van der Waals surface area contributed by atoms with Crippen molar-refractivity contribution in [2.45, 2.75) is 31.1 Å². The number of aryl methyl sites for hydroxylation is 1. The molecule has 1 saturated heterocycles. The van der Waals surface area contributed by atoms with Crippen molar-refractivity contribution in [2.24, 2.45) is 5.92 Å². The normalized spacial score (nSPS) is 15.0. The van der Waals surface area contributed by atoms with E-state index in [4.69, 9.17) is 5.73 Å². The van der Waals surface area contributed by atoms with Gasteiger partial charge in [-0.15, -0.1) is 4.83 Å². The number of nitrogens with zero attached hydrogens (tertiary/aromatic N) is 3. The highest BCUT2D eigenvalue weighted by molar-refractivity contribution is 7.89. The Hall–Kier alpha value is -3.17. The van der Waals surface area contributed by atoms with Crippen LogP contribution in [0.5, 0.6) is 0 Å². The summed E-state index contributed by atoms with van der Waals surface area (Å²) in [7, 11) is -3.76. The van der Waals surface area contributed by atoms with E-state index in [1.807, 2.05) is 13.0 Å². The lowest BCUT2D eigenvalue weighted by molar-refractivity contribution is 0.402. The zero-order valence-electron chi connectivity index (χ0n) is 18.0. The maximum absolute atomic E-state index is 12.5. The monoisotopic (exact) mass is 452 g/mol. The summed E-state index contributed by atoms with van der Waals surface area (Å²) in [5.41, 5.74) is 11.6. The minimum Gasteiger partial charge on any atom is -0.393 e. The van der Waals surface area contributed by atoms with Crippen LogP contribution < -0.4 is 20.9 Å². The van der Waals surface area contributed by atoms with Crippen LogP contribution in [0, 0.1) is 12.8 Å². The number of nitrogens with two attached hydrogens (primary N) is 1. The van der Waals surface area contributed by atoms with Crippen LogP contribution >= 0.6 is 0 Å². The molecule has 0 atom stereocenters. The maximum atomic E-state index is 12.5. The van der Waals surface area contributed by atoms with Crippen LogP contribution in [0.3, 0.4) is 0 Å². The smallest absolute Gasteiger partial charge is 0.257 e. The van der Waals surface area contributed by atoms with Gasteiger partial charge in [0.25, 0.3) is 10.0 Å². The Morgan fingerprint density at radius 3 is 2.41 bits per heavy atom. The molecule has 32 heavy (non-hydrogen) atoms. The fraction of sp³-hybridized carbons (Fsp3) is 0.304. The highest BCUT2D eigenvalue weighted by Gasteiger charge is 2.23. The topological polar surface area (TPSA) is 113 Å². The van der Waals surface area contributed by atoms with Gasteiger partial charge < -0.3 is 10.6 Å². The number of piperidine rings is 1. The van der Waals surface area contributed by atoms with E-state index in [0.29, 0.717) is 17.4 Å². The van der Waals surface area contributed by atoms with Gasteiger partial charge in [0.1, 0.15) is 12.0 Å². The largest absolute Gasteiger partial charge is 0.393 e. The van der Waals surface area contributed by atoms with Crippen molar-refractivity contribution in [2.75, 3.05) is 29.1 Å². The Morgan fingerprint density at radius 2 is 1.72 bits per heavy atom. The molecule has 8 nitrogen and oxygen atoms in total. The Balaban J connectivity index is 1.39. The zero-order valence-corrected chi connectivity index (χ0v) is 18.8. The number of nitrogens with one attached hydrogen (secondary N) is 2. The van der Waals surface area contributed by atoms with Gasteiger partial charge in [-0.1, -0.05) is 48.0 Å². The average Bonchev–Trinajstić information content (AvgIpc) is 2.80. The van der Waals surface area contributed by atoms with E-state index in [0.717, 1.165) is 37.9 Å². The number of benzene rings is 2. The standard InChI is InChI=1S/C23H28N6O2S/c1-17-7-9-20(10-8-17)32(30,31)28-27-22-21(24)23(26-16-25-22)29-13-11-19(12-14-29)15-18-5-3-2-4-6-18/h2-10,16,19,28H,11-15,24H2,1H3,(H,25,26,27). The minimum atomic E-state index is -3.76. The second-order valence-corrected chi connectivity index (χ2v) is 9.81. The molecule has 2 heterocycles. The molecule has 168 valence electrons. The van der Waals surface area contributed by atoms with E-state index in [-0.39, 0.29) is 10.7 Å². The number of hydrogen-bond acceptors (Lipinski definition) is 7. The molecule has 0 spiro atoms. The molecule has 1 aliphatic rings. The summed E-state index contributed by atoms with van der Waals surface area (Å²) in [5, 5.41) is 0. The van der Waals surface area contributed by atoms with Crippen molar-refractivity contribution in [1.82, 2.24) is 14.8 Å². The van der Waals surface area contributed by atoms with Gasteiger partial charge >= 0.3 is 0 Å². The number of sulfonamides is 1. The molecule has 2 aromatic carbocycles. The fourth-order valence-corrected chi connectivity index (χ4v) is 4.77. The molecule has 4 rings (SSSR count). The van der Waals surface area contributed by atoms with Crippen LogP contribution in [0.25, 0.3) is 0 Å². The van der Waals surface area contributed by atoms with Gasteiger partial charge in [-0.25, -0.2) is 18.4 Å². The summed E-state index contributed by atoms with van der Waals surface area (Å²) >= 11 is 0. The van der Waals surface area contributed by atoms with E-state index in [1.54, 1.807) is 24.3 Å². The van der Waals surface area contributed by atoms with Gasteiger partial charge in [0.15, 0.2) is 11.6 Å². The highest BCUT2D eigenvalue weighted by Crippen LogP contribution is 2.30. The van der Waals surface area contributed by atoms with Gasteiger partial charge in [0.2, 0.25) is 0 Å². The summed E-state index contributed by atoms with van der Waals surface area (Å²) in [4.78, 5) is 13.1. The lowest BCUT2D eigenvalue weighted by Crippen LogP contribution is -2.36. The summed E-state index contributed by atoms with van der Waals surface area (Å²) in [6.07, 6.45) is 4.55. The SMILES string of the molecule is Cc1ccc(S(=O)(=O)NNc2ncnc(N3CCC(Cc4ccccc4)CC3)c2N)cc1. The molecule has 0 amide bonds. The Kier molecular flexibility index (Phi) is 6.57. The maximum Gasteiger partial charge on any atom is 0.257 e. The molecule has 0 saturated carbocycles. The molecule has 9 heteroatoms. The molecule has 1 aliphatic heterocycles. The molecule has 4 N–H and O–H groups in total. The summed E-state index contributed by atoms with van der Waals surface area (Å²) < 4.78 is 25.1. The lowest BCUT2D eigenvalue weighted by atomic mass is 9.90. The minimum absolute atomic E-state index is 0.156. The van der Waals surface area contributed by atoms with Crippen LogP contribution in [0.1, 0.15) is 24.0 Å². The molecular formula is C23H28N6O2S.